The Morgan fingerprint density at radius 1 is 1.26 bits per heavy atom. The molecule has 0 bridgehead atoms. The Bertz CT molecular complexity index is 781. The number of hydrogen-bond acceptors (Lipinski definition) is 2. The topological polar surface area (TPSA) is 37.3 Å². The molecule has 1 aromatic rings. The molecule has 2 nitrogen and oxygen atoms in total. The summed E-state index contributed by atoms with van der Waals surface area (Å²) in [5, 5.41) is 10.4. The maximum Gasteiger partial charge on any atom is 0.270 e. The number of aryl methyl sites for hydroxylation is 2. The van der Waals surface area contributed by atoms with Gasteiger partial charge in [0.05, 0.1) is 0 Å². The zero-order valence-electron chi connectivity index (χ0n) is 15.9. The van der Waals surface area contributed by atoms with Crippen molar-refractivity contribution in [2.24, 2.45) is 17.3 Å². The van der Waals surface area contributed by atoms with E-state index < -0.39 is 6.08 Å². The molecule has 2 fully saturated rings. The lowest BCUT2D eigenvalue weighted by Gasteiger charge is -2.49. The SMILES string of the molecule is C[C@]12CCC3c4cc(CCCC=O)c(O)cc4CCC3C1CCC2=C(F)F. The maximum atomic E-state index is 13.5. The summed E-state index contributed by atoms with van der Waals surface area (Å²) in [6.45, 7) is 2.06. The van der Waals surface area contributed by atoms with Crippen LogP contribution in [0.2, 0.25) is 0 Å². The van der Waals surface area contributed by atoms with Gasteiger partial charge in [0.2, 0.25) is 0 Å². The second-order valence-electron chi connectivity index (χ2n) is 8.89. The quantitative estimate of drug-likeness (QED) is 0.525. The second kappa shape index (κ2) is 7.03. The summed E-state index contributed by atoms with van der Waals surface area (Å²) in [5.74, 6) is 1.55. The summed E-state index contributed by atoms with van der Waals surface area (Å²) < 4.78 is 27.0. The second-order valence-corrected chi connectivity index (χ2v) is 8.89. The molecule has 4 heteroatoms. The lowest BCUT2D eigenvalue weighted by atomic mass is 9.55. The smallest absolute Gasteiger partial charge is 0.270 e. The minimum atomic E-state index is -1.45. The predicted octanol–water partition coefficient (Wildman–Crippen LogP) is 5.92. The van der Waals surface area contributed by atoms with Crippen molar-refractivity contribution in [3.63, 3.8) is 0 Å². The largest absolute Gasteiger partial charge is 0.508 e. The third kappa shape index (κ3) is 3.01. The van der Waals surface area contributed by atoms with E-state index in [2.05, 4.69) is 13.0 Å². The number of halogens is 2. The maximum absolute atomic E-state index is 13.5. The molecule has 27 heavy (non-hydrogen) atoms. The molecular weight excluding hydrogens is 346 g/mol. The van der Waals surface area contributed by atoms with E-state index in [1.807, 2.05) is 6.07 Å². The lowest BCUT2D eigenvalue weighted by Crippen LogP contribution is -2.40. The van der Waals surface area contributed by atoms with Crippen LogP contribution in [0.25, 0.3) is 0 Å². The zero-order valence-corrected chi connectivity index (χ0v) is 15.9. The molecule has 3 aliphatic rings. The third-order valence-corrected chi connectivity index (χ3v) is 7.70. The number of carbonyl (C=O) groups is 1. The highest BCUT2D eigenvalue weighted by molar-refractivity contribution is 5.50. The first kappa shape index (κ1) is 18.6. The van der Waals surface area contributed by atoms with Gasteiger partial charge in [0.1, 0.15) is 12.0 Å². The van der Waals surface area contributed by atoms with Gasteiger partial charge in [-0.05, 0) is 97.3 Å². The number of aromatic hydroxyl groups is 1. The number of hydrogen-bond donors (Lipinski definition) is 1. The van der Waals surface area contributed by atoms with Gasteiger partial charge in [-0.3, -0.25) is 0 Å². The molecule has 0 aliphatic heterocycles. The Kier molecular flexibility index (Phi) is 4.85. The highest BCUT2D eigenvalue weighted by atomic mass is 19.3. The van der Waals surface area contributed by atoms with E-state index >= 15 is 0 Å². The highest BCUT2D eigenvalue weighted by Crippen LogP contribution is 2.63. The molecule has 0 saturated heterocycles. The van der Waals surface area contributed by atoms with Gasteiger partial charge in [-0.2, -0.15) is 8.78 Å². The molecule has 0 aromatic heterocycles. The zero-order chi connectivity index (χ0) is 19.2. The fourth-order valence-corrected chi connectivity index (χ4v) is 6.35. The van der Waals surface area contributed by atoms with E-state index in [9.17, 15) is 18.7 Å². The van der Waals surface area contributed by atoms with Crippen molar-refractivity contribution in [1.82, 2.24) is 0 Å². The number of allylic oxidation sites excluding steroid dienone is 1. The molecule has 1 N–H and O–H groups in total. The van der Waals surface area contributed by atoms with E-state index in [-0.39, 0.29) is 5.41 Å². The highest BCUT2D eigenvalue weighted by Gasteiger charge is 2.53. The average Bonchev–Trinajstić information content (AvgIpc) is 2.99. The number of rotatable bonds is 4. The predicted molar refractivity (Wildman–Crippen MR) is 101 cm³/mol. The average molecular weight is 374 g/mol. The van der Waals surface area contributed by atoms with Crippen molar-refractivity contribution in [2.75, 3.05) is 0 Å². The summed E-state index contributed by atoms with van der Waals surface area (Å²) in [4.78, 5) is 10.6. The van der Waals surface area contributed by atoms with Crippen LogP contribution in [0.3, 0.4) is 0 Å². The van der Waals surface area contributed by atoms with Crippen LogP contribution >= 0.6 is 0 Å². The number of benzene rings is 1. The van der Waals surface area contributed by atoms with Gasteiger partial charge in [0, 0.05) is 12.0 Å². The standard InChI is InChI=1S/C23H28F2O2/c1-23-10-9-16-17(19(23)7-8-20(23)22(24)25)6-5-14-13-21(27)15(12-18(14)16)4-2-3-11-26/h11-13,16-17,19,27H,2-10H2,1H3/t16?,17?,19?,23-/m0/s1. The summed E-state index contributed by atoms with van der Waals surface area (Å²) >= 11 is 0. The Labute approximate surface area is 159 Å². The van der Waals surface area contributed by atoms with Crippen molar-refractivity contribution in [3.05, 3.63) is 40.5 Å². The molecule has 4 rings (SSSR count). The summed E-state index contributed by atoms with van der Waals surface area (Å²) in [6.07, 6.45) is 6.57. The first-order valence-corrected chi connectivity index (χ1v) is 10.3. The molecule has 0 heterocycles. The molecule has 146 valence electrons. The lowest BCUT2D eigenvalue weighted by molar-refractivity contribution is -0.107. The first-order chi connectivity index (χ1) is 13.0. The number of carbonyl (C=O) groups excluding carboxylic acids is 1. The van der Waals surface area contributed by atoms with E-state index in [1.165, 1.54) is 11.1 Å². The molecular formula is C23H28F2O2. The number of fused-ring (bicyclic) bond motifs is 5. The molecule has 0 spiro atoms. The number of phenols is 1. The molecule has 0 amide bonds. The molecule has 3 aliphatic carbocycles. The van der Waals surface area contributed by atoms with Crippen molar-refractivity contribution in [2.45, 2.75) is 70.6 Å². The van der Waals surface area contributed by atoms with Crippen LogP contribution in [-0.4, -0.2) is 11.4 Å². The summed E-state index contributed by atoms with van der Waals surface area (Å²) in [5.41, 5.74) is 3.55. The monoisotopic (exact) mass is 374 g/mol. The van der Waals surface area contributed by atoms with Crippen LogP contribution in [0.4, 0.5) is 8.78 Å². The van der Waals surface area contributed by atoms with Crippen LogP contribution in [-0.2, 0) is 17.6 Å². The van der Waals surface area contributed by atoms with E-state index in [0.29, 0.717) is 48.3 Å². The van der Waals surface area contributed by atoms with Crippen molar-refractivity contribution in [1.29, 1.82) is 0 Å². The Morgan fingerprint density at radius 2 is 2.07 bits per heavy atom. The van der Waals surface area contributed by atoms with Crippen LogP contribution in [0.15, 0.2) is 23.8 Å². The van der Waals surface area contributed by atoms with E-state index in [4.69, 9.17) is 0 Å². The van der Waals surface area contributed by atoms with Crippen LogP contribution in [0.5, 0.6) is 5.75 Å². The number of phenolic OH excluding ortho intramolecular Hbond substituents is 1. The van der Waals surface area contributed by atoms with E-state index in [0.717, 1.165) is 50.4 Å². The molecule has 2 saturated carbocycles. The Morgan fingerprint density at radius 3 is 2.81 bits per heavy atom. The molecule has 0 radical (unpaired) electrons. The van der Waals surface area contributed by atoms with Gasteiger partial charge >= 0.3 is 0 Å². The van der Waals surface area contributed by atoms with Gasteiger partial charge in [-0.1, -0.05) is 13.0 Å². The van der Waals surface area contributed by atoms with Gasteiger partial charge in [0.25, 0.3) is 6.08 Å². The van der Waals surface area contributed by atoms with Gasteiger partial charge in [-0.15, -0.1) is 0 Å². The molecule has 3 unspecified atom stereocenters. The minimum Gasteiger partial charge on any atom is -0.508 e. The van der Waals surface area contributed by atoms with Gasteiger partial charge in [0.15, 0.2) is 0 Å². The number of aldehydes is 1. The van der Waals surface area contributed by atoms with Crippen LogP contribution in [0, 0.1) is 17.3 Å². The first-order valence-electron chi connectivity index (χ1n) is 10.3. The minimum absolute atomic E-state index is 0.332. The van der Waals surface area contributed by atoms with Crippen molar-refractivity contribution >= 4 is 6.29 Å². The van der Waals surface area contributed by atoms with Crippen molar-refractivity contribution < 1.29 is 18.7 Å². The fourth-order valence-electron chi connectivity index (χ4n) is 6.35. The molecule has 4 atom stereocenters. The Hall–Kier alpha value is -1.71. The summed E-state index contributed by atoms with van der Waals surface area (Å²) in [7, 11) is 0. The van der Waals surface area contributed by atoms with Crippen LogP contribution in [0.1, 0.15) is 74.5 Å². The normalized spacial score (nSPS) is 31.8. The fraction of sp³-hybridized carbons (Fsp3) is 0.609. The summed E-state index contributed by atoms with van der Waals surface area (Å²) in [6, 6.07) is 4.06. The third-order valence-electron chi connectivity index (χ3n) is 7.70. The Balaban J connectivity index is 1.64. The van der Waals surface area contributed by atoms with Crippen molar-refractivity contribution in [3.8, 4) is 5.75 Å². The molecule has 1 aromatic carbocycles. The van der Waals surface area contributed by atoms with Crippen LogP contribution < -0.4 is 0 Å². The van der Waals surface area contributed by atoms with Gasteiger partial charge in [-0.25, -0.2) is 0 Å². The van der Waals surface area contributed by atoms with E-state index in [1.54, 1.807) is 0 Å². The van der Waals surface area contributed by atoms with Gasteiger partial charge < -0.3 is 9.90 Å². The number of unbranched alkanes of at least 4 members (excludes halogenated alkanes) is 1.